The van der Waals surface area contributed by atoms with Crippen molar-refractivity contribution in [2.45, 2.75) is 48.8 Å². The van der Waals surface area contributed by atoms with E-state index in [0.29, 0.717) is 25.9 Å². The second-order valence-corrected chi connectivity index (χ2v) is 9.61. The SMILES string of the molecule is O=C([C@H]1CCCN1)N1CCC(NS(=O)(=O)c2ccc(Br)cc2C(F)(F)F)CC1. The molecule has 0 unspecified atom stereocenters. The molecule has 11 heteroatoms. The first-order valence-corrected chi connectivity index (χ1v) is 11.3. The van der Waals surface area contributed by atoms with Crippen molar-refractivity contribution in [1.29, 1.82) is 0 Å². The number of amides is 1. The summed E-state index contributed by atoms with van der Waals surface area (Å²) in [5.41, 5.74) is -1.21. The molecular formula is C17H21BrF3N3O3S. The van der Waals surface area contributed by atoms with Gasteiger partial charge in [0.25, 0.3) is 0 Å². The molecule has 2 N–H and O–H groups in total. The molecular weight excluding hydrogens is 463 g/mol. The molecule has 0 spiro atoms. The Balaban J connectivity index is 1.67. The van der Waals surface area contributed by atoms with E-state index in [0.717, 1.165) is 31.5 Å². The summed E-state index contributed by atoms with van der Waals surface area (Å²) in [5.74, 6) is 0.00562. The van der Waals surface area contributed by atoms with Crippen molar-refractivity contribution in [2.24, 2.45) is 0 Å². The fraction of sp³-hybridized carbons (Fsp3) is 0.588. The van der Waals surface area contributed by atoms with E-state index in [-0.39, 0.29) is 16.4 Å². The minimum atomic E-state index is -4.79. The fourth-order valence-corrected chi connectivity index (χ4v) is 5.45. The molecule has 3 rings (SSSR count). The lowest BCUT2D eigenvalue weighted by molar-refractivity contribution is -0.140. The van der Waals surface area contributed by atoms with Gasteiger partial charge in [-0.3, -0.25) is 4.79 Å². The molecule has 2 aliphatic rings. The van der Waals surface area contributed by atoms with E-state index in [1.807, 2.05) is 0 Å². The molecule has 1 aromatic carbocycles. The molecule has 2 fully saturated rings. The van der Waals surface area contributed by atoms with E-state index >= 15 is 0 Å². The smallest absolute Gasteiger partial charge is 0.341 e. The van der Waals surface area contributed by atoms with Gasteiger partial charge >= 0.3 is 6.18 Å². The zero-order valence-corrected chi connectivity index (χ0v) is 17.3. The summed E-state index contributed by atoms with van der Waals surface area (Å²) in [4.78, 5) is 13.3. The van der Waals surface area contributed by atoms with Gasteiger partial charge < -0.3 is 10.2 Å². The van der Waals surface area contributed by atoms with Gasteiger partial charge in [0.15, 0.2) is 0 Å². The van der Waals surface area contributed by atoms with Crippen molar-refractivity contribution in [3.63, 3.8) is 0 Å². The van der Waals surface area contributed by atoms with Gasteiger partial charge in [0.2, 0.25) is 15.9 Å². The minimum absolute atomic E-state index is 0.00562. The number of alkyl halides is 3. The van der Waals surface area contributed by atoms with Gasteiger partial charge in [-0.15, -0.1) is 0 Å². The maximum Gasteiger partial charge on any atom is 0.417 e. The van der Waals surface area contributed by atoms with Gasteiger partial charge in [0, 0.05) is 23.6 Å². The van der Waals surface area contributed by atoms with E-state index in [4.69, 9.17) is 0 Å². The van der Waals surface area contributed by atoms with Gasteiger partial charge in [0.1, 0.15) is 0 Å². The average Bonchev–Trinajstić information content (AvgIpc) is 3.15. The van der Waals surface area contributed by atoms with Crippen LogP contribution in [0.1, 0.15) is 31.2 Å². The second kappa shape index (κ2) is 8.29. The van der Waals surface area contributed by atoms with Gasteiger partial charge in [-0.2, -0.15) is 13.2 Å². The van der Waals surface area contributed by atoms with Crippen molar-refractivity contribution in [3.05, 3.63) is 28.2 Å². The summed E-state index contributed by atoms with van der Waals surface area (Å²) in [7, 11) is -4.35. The Labute approximate surface area is 170 Å². The fourth-order valence-electron chi connectivity index (χ4n) is 3.57. The van der Waals surface area contributed by atoms with Crippen LogP contribution in [-0.2, 0) is 21.0 Å². The lowest BCUT2D eigenvalue weighted by atomic mass is 10.0. The summed E-state index contributed by atoms with van der Waals surface area (Å²) >= 11 is 2.94. The van der Waals surface area contributed by atoms with E-state index in [9.17, 15) is 26.4 Å². The molecule has 0 bridgehead atoms. The number of nitrogens with one attached hydrogen (secondary N) is 2. The van der Waals surface area contributed by atoms with E-state index in [1.54, 1.807) is 4.90 Å². The topological polar surface area (TPSA) is 78.5 Å². The van der Waals surface area contributed by atoms with Crippen molar-refractivity contribution < 1.29 is 26.4 Å². The van der Waals surface area contributed by atoms with Crippen LogP contribution in [0.4, 0.5) is 13.2 Å². The third-order valence-electron chi connectivity index (χ3n) is 5.02. The molecule has 1 aromatic rings. The number of nitrogens with zero attached hydrogens (tertiary/aromatic N) is 1. The zero-order chi connectivity index (χ0) is 20.5. The number of sulfonamides is 1. The first-order chi connectivity index (χ1) is 13.1. The monoisotopic (exact) mass is 483 g/mol. The molecule has 2 saturated heterocycles. The molecule has 0 aromatic heterocycles. The van der Waals surface area contributed by atoms with Crippen LogP contribution < -0.4 is 10.0 Å². The zero-order valence-electron chi connectivity index (χ0n) is 14.9. The number of rotatable bonds is 4. The highest BCUT2D eigenvalue weighted by Crippen LogP contribution is 2.36. The third-order valence-corrected chi connectivity index (χ3v) is 7.10. The van der Waals surface area contributed by atoms with Gasteiger partial charge in [-0.25, -0.2) is 13.1 Å². The Hall–Kier alpha value is -1.17. The molecule has 0 radical (unpaired) electrons. The maximum atomic E-state index is 13.3. The molecule has 0 saturated carbocycles. The van der Waals surface area contributed by atoms with Crippen LogP contribution in [0.5, 0.6) is 0 Å². The van der Waals surface area contributed by atoms with E-state index in [1.165, 1.54) is 6.07 Å². The van der Waals surface area contributed by atoms with Crippen LogP contribution in [0, 0.1) is 0 Å². The number of piperidine rings is 1. The van der Waals surface area contributed by atoms with Crippen LogP contribution in [0.2, 0.25) is 0 Å². The summed E-state index contributed by atoms with van der Waals surface area (Å²) < 4.78 is 67.5. The Morgan fingerprint density at radius 3 is 2.46 bits per heavy atom. The highest BCUT2D eigenvalue weighted by atomic mass is 79.9. The summed E-state index contributed by atoms with van der Waals surface area (Å²) in [6.45, 7) is 1.55. The van der Waals surface area contributed by atoms with Crippen LogP contribution in [0.3, 0.4) is 0 Å². The number of carbonyl (C=O) groups is 1. The van der Waals surface area contributed by atoms with Crippen LogP contribution in [0.25, 0.3) is 0 Å². The molecule has 1 amide bonds. The number of carbonyl (C=O) groups excluding carboxylic acids is 1. The standard InChI is InChI=1S/C17H21BrF3N3O3S/c18-11-3-4-15(13(10-11)17(19,20)21)28(26,27)23-12-5-8-24(9-6-12)16(25)14-2-1-7-22-14/h3-4,10,12,14,22-23H,1-2,5-9H2/t14-/m1/s1. The van der Waals surface area contributed by atoms with Gasteiger partial charge in [-0.1, -0.05) is 15.9 Å². The number of halogens is 4. The first-order valence-electron chi connectivity index (χ1n) is 8.99. The molecule has 0 aliphatic carbocycles. The predicted molar refractivity (Wildman–Crippen MR) is 100 cm³/mol. The summed E-state index contributed by atoms with van der Waals surface area (Å²) in [6.07, 6.45) is -2.35. The first kappa shape index (κ1) is 21.5. The van der Waals surface area contributed by atoms with Crippen molar-refractivity contribution in [3.8, 4) is 0 Å². The van der Waals surface area contributed by atoms with Crippen molar-refractivity contribution in [2.75, 3.05) is 19.6 Å². The highest BCUT2D eigenvalue weighted by Gasteiger charge is 2.38. The molecule has 6 nitrogen and oxygen atoms in total. The number of hydrogen-bond acceptors (Lipinski definition) is 4. The van der Waals surface area contributed by atoms with Gasteiger partial charge in [0.05, 0.1) is 16.5 Å². The average molecular weight is 484 g/mol. The predicted octanol–water partition coefficient (Wildman–Crippen LogP) is 2.49. The molecule has 28 heavy (non-hydrogen) atoms. The largest absolute Gasteiger partial charge is 0.417 e. The molecule has 156 valence electrons. The summed E-state index contributed by atoms with van der Waals surface area (Å²) in [5, 5.41) is 3.14. The normalized spacial score (nSPS) is 21.9. The molecule has 2 heterocycles. The second-order valence-electron chi connectivity index (χ2n) is 7.01. The van der Waals surface area contributed by atoms with Crippen LogP contribution in [0.15, 0.2) is 27.6 Å². The van der Waals surface area contributed by atoms with E-state index in [2.05, 4.69) is 26.0 Å². The maximum absolute atomic E-state index is 13.3. The van der Waals surface area contributed by atoms with E-state index < -0.39 is 32.7 Å². The lowest BCUT2D eigenvalue weighted by Gasteiger charge is -2.33. The minimum Gasteiger partial charge on any atom is -0.341 e. The Kier molecular flexibility index (Phi) is 6.38. The third kappa shape index (κ3) is 4.87. The number of benzene rings is 1. The number of likely N-dealkylation sites (tertiary alicyclic amines) is 1. The Morgan fingerprint density at radius 2 is 1.89 bits per heavy atom. The lowest BCUT2D eigenvalue weighted by Crippen LogP contribution is -2.50. The quantitative estimate of drug-likeness (QED) is 0.689. The van der Waals surface area contributed by atoms with Crippen molar-refractivity contribution >= 4 is 31.9 Å². The van der Waals surface area contributed by atoms with Crippen molar-refractivity contribution in [1.82, 2.24) is 14.9 Å². The Morgan fingerprint density at radius 1 is 1.21 bits per heavy atom. The molecule has 2 aliphatic heterocycles. The van der Waals surface area contributed by atoms with Crippen LogP contribution in [-0.4, -0.2) is 50.9 Å². The van der Waals surface area contributed by atoms with Gasteiger partial charge in [-0.05, 0) is 50.4 Å². The number of hydrogen-bond donors (Lipinski definition) is 2. The van der Waals surface area contributed by atoms with Crippen LogP contribution >= 0.6 is 15.9 Å². The Bertz CT molecular complexity index is 834. The molecule has 1 atom stereocenters. The highest BCUT2D eigenvalue weighted by molar-refractivity contribution is 9.10. The summed E-state index contributed by atoms with van der Waals surface area (Å²) in [6, 6.07) is 2.25.